The molecule has 0 saturated carbocycles. The maximum Gasteiger partial charge on any atom is 0.256 e. The van der Waals surface area contributed by atoms with Gasteiger partial charge in [-0.15, -0.1) is 0 Å². The van der Waals surface area contributed by atoms with Crippen LogP contribution in [0.3, 0.4) is 0 Å². The number of anilines is 1. The highest BCUT2D eigenvalue weighted by Crippen LogP contribution is 2.31. The highest BCUT2D eigenvalue weighted by molar-refractivity contribution is 6.31. The van der Waals surface area contributed by atoms with E-state index in [9.17, 15) is 9.90 Å². The lowest BCUT2D eigenvalue weighted by molar-refractivity contribution is -0.111. The summed E-state index contributed by atoms with van der Waals surface area (Å²) in [6.45, 7) is 3.37. The molecular formula is C26H28N2O3. The van der Waals surface area contributed by atoms with Crippen molar-refractivity contribution in [1.29, 1.82) is 0 Å². The number of ether oxygens (including phenoxy) is 1. The topological polar surface area (TPSA) is 70.6 Å². The molecule has 5 heteroatoms. The van der Waals surface area contributed by atoms with Gasteiger partial charge in [-0.05, 0) is 66.6 Å². The first-order valence-corrected chi connectivity index (χ1v) is 10.4. The number of likely N-dealkylation sites (N-methyl/N-ethyl adjacent to an activating group) is 1. The molecule has 0 spiro atoms. The first-order chi connectivity index (χ1) is 15.1. The summed E-state index contributed by atoms with van der Waals surface area (Å²) in [7, 11) is 1.88. The van der Waals surface area contributed by atoms with Gasteiger partial charge in [-0.25, -0.2) is 0 Å². The van der Waals surface area contributed by atoms with Crippen LogP contribution in [0.4, 0.5) is 5.69 Å². The second-order valence-electron chi connectivity index (χ2n) is 7.05. The lowest BCUT2D eigenvalue weighted by atomic mass is 9.92. The number of benzene rings is 3. The normalized spacial score (nSPS) is 11.5. The predicted molar refractivity (Wildman–Crippen MR) is 126 cm³/mol. The van der Waals surface area contributed by atoms with E-state index in [1.54, 1.807) is 24.3 Å². The van der Waals surface area contributed by atoms with Crippen molar-refractivity contribution >= 4 is 22.7 Å². The molecule has 3 aromatic carbocycles. The van der Waals surface area contributed by atoms with Gasteiger partial charge in [0.15, 0.2) is 0 Å². The van der Waals surface area contributed by atoms with Crippen molar-refractivity contribution in [3.63, 3.8) is 0 Å². The fourth-order valence-corrected chi connectivity index (χ4v) is 3.33. The van der Waals surface area contributed by atoms with E-state index in [-0.39, 0.29) is 11.7 Å². The number of phenolic OH excluding ortho intramolecular Hbond substituents is 1. The summed E-state index contributed by atoms with van der Waals surface area (Å²) < 4.78 is 5.64. The van der Waals surface area contributed by atoms with Gasteiger partial charge in [0.25, 0.3) is 5.91 Å². The number of phenols is 1. The molecule has 5 nitrogen and oxygen atoms in total. The molecule has 0 aliphatic heterocycles. The molecular weight excluding hydrogens is 388 g/mol. The number of hydrogen-bond donors (Lipinski definition) is 3. The zero-order valence-corrected chi connectivity index (χ0v) is 17.9. The number of amides is 1. The Morgan fingerprint density at radius 1 is 0.903 bits per heavy atom. The summed E-state index contributed by atoms with van der Waals surface area (Å²) in [4.78, 5) is 13.4. The second-order valence-corrected chi connectivity index (χ2v) is 7.05. The van der Waals surface area contributed by atoms with Crippen molar-refractivity contribution in [2.24, 2.45) is 0 Å². The van der Waals surface area contributed by atoms with Crippen molar-refractivity contribution in [1.82, 2.24) is 5.32 Å². The van der Waals surface area contributed by atoms with E-state index in [1.807, 2.05) is 68.6 Å². The van der Waals surface area contributed by atoms with Crippen LogP contribution in [0.15, 0.2) is 78.9 Å². The number of rotatable bonds is 9. The number of nitrogens with one attached hydrogen (secondary N) is 2. The van der Waals surface area contributed by atoms with Gasteiger partial charge in [-0.1, -0.05) is 49.4 Å². The van der Waals surface area contributed by atoms with Gasteiger partial charge in [-0.3, -0.25) is 4.79 Å². The monoisotopic (exact) mass is 416 g/mol. The third kappa shape index (κ3) is 5.96. The maximum atomic E-state index is 13.4. The van der Waals surface area contributed by atoms with Crippen molar-refractivity contribution in [2.45, 2.75) is 13.3 Å². The summed E-state index contributed by atoms with van der Waals surface area (Å²) in [5.74, 6) is 0.714. The van der Waals surface area contributed by atoms with Gasteiger partial charge in [0.05, 0.1) is 5.57 Å². The van der Waals surface area contributed by atoms with E-state index in [0.717, 1.165) is 29.0 Å². The minimum Gasteiger partial charge on any atom is -0.508 e. The summed E-state index contributed by atoms with van der Waals surface area (Å²) in [6, 6.07) is 23.9. The Morgan fingerprint density at radius 2 is 1.58 bits per heavy atom. The van der Waals surface area contributed by atoms with E-state index in [2.05, 4.69) is 10.6 Å². The van der Waals surface area contributed by atoms with Crippen LogP contribution in [0.25, 0.3) is 11.1 Å². The molecule has 0 saturated heterocycles. The number of aromatic hydroxyl groups is 1. The third-order valence-electron chi connectivity index (χ3n) is 4.89. The molecule has 0 heterocycles. The van der Waals surface area contributed by atoms with E-state index >= 15 is 0 Å². The molecule has 3 N–H and O–H groups in total. The minimum absolute atomic E-state index is 0.162. The molecule has 3 rings (SSSR count). The molecule has 0 atom stereocenters. The predicted octanol–water partition coefficient (Wildman–Crippen LogP) is 4.95. The average molecular weight is 417 g/mol. The van der Waals surface area contributed by atoms with Crippen LogP contribution in [0, 0.1) is 0 Å². The quantitative estimate of drug-likeness (QED) is 0.262. The van der Waals surface area contributed by atoms with Crippen LogP contribution in [-0.4, -0.2) is 31.2 Å². The van der Waals surface area contributed by atoms with E-state index < -0.39 is 0 Å². The van der Waals surface area contributed by atoms with Gasteiger partial charge in [-0.2, -0.15) is 0 Å². The summed E-state index contributed by atoms with van der Waals surface area (Å²) in [5.41, 5.74) is 3.96. The summed E-state index contributed by atoms with van der Waals surface area (Å²) in [5, 5.41) is 15.7. The van der Waals surface area contributed by atoms with E-state index in [1.165, 1.54) is 0 Å². The molecule has 0 aliphatic rings. The zero-order chi connectivity index (χ0) is 22.1. The first kappa shape index (κ1) is 22.1. The fraction of sp³-hybridized carbons (Fsp3) is 0.192. The van der Waals surface area contributed by atoms with Crippen molar-refractivity contribution in [3.05, 3.63) is 90.0 Å². The van der Waals surface area contributed by atoms with Gasteiger partial charge in [0.2, 0.25) is 0 Å². The van der Waals surface area contributed by atoms with Crippen LogP contribution < -0.4 is 15.4 Å². The van der Waals surface area contributed by atoms with Gasteiger partial charge >= 0.3 is 0 Å². The number of hydrogen-bond acceptors (Lipinski definition) is 4. The Balaban J connectivity index is 1.91. The molecule has 0 aliphatic carbocycles. The van der Waals surface area contributed by atoms with Gasteiger partial charge in [0, 0.05) is 12.2 Å². The lowest BCUT2D eigenvalue weighted by Gasteiger charge is -2.16. The summed E-state index contributed by atoms with van der Waals surface area (Å²) in [6.07, 6.45) is 0.686. The second kappa shape index (κ2) is 11.0. The largest absolute Gasteiger partial charge is 0.508 e. The SMILES string of the molecule is CC/C(=C(\C(=O)Nc1ccc(OCCNC)cc1)c1ccc(O)cc1)c1ccccc1. The molecule has 31 heavy (non-hydrogen) atoms. The Kier molecular flexibility index (Phi) is 7.85. The molecule has 0 radical (unpaired) electrons. The molecule has 160 valence electrons. The van der Waals surface area contributed by atoms with Gasteiger partial charge < -0.3 is 20.5 Å². The van der Waals surface area contributed by atoms with Crippen LogP contribution in [0.5, 0.6) is 11.5 Å². The smallest absolute Gasteiger partial charge is 0.256 e. The van der Waals surface area contributed by atoms with E-state index in [0.29, 0.717) is 24.3 Å². The number of allylic oxidation sites excluding steroid dienone is 1. The Hall–Kier alpha value is -3.57. The molecule has 0 bridgehead atoms. The Labute approximate surface area is 183 Å². The molecule has 0 fully saturated rings. The summed E-state index contributed by atoms with van der Waals surface area (Å²) >= 11 is 0. The van der Waals surface area contributed by atoms with Gasteiger partial charge in [0.1, 0.15) is 18.1 Å². The molecule has 1 amide bonds. The van der Waals surface area contributed by atoms with Crippen LogP contribution >= 0.6 is 0 Å². The number of carbonyl (C=O) groups is 1. The number of carbonyl (C=O) groups excluding carboxylic acids is 1. The van der Waals surface area contributed by atoms with Crippen molar-refractivity contribution in [2.75, 3.05) is 25.5 Å². The first-order valence-electron chi connectivity index (χ1n) is 10.4. The van der Waals surface area contributed by atoms with Crippen LogP contribution in [0.1, 0.15) is 24.5 Å². The lowest BCUT2D eigenvalue weighted by Crippen LogP contribution is -2.16. The zero-order valence-electron chi connectivity index (χ0n) is 17.9. The fourth-order valence-electron chi connectivity index (χ4n) is 3.33. The van der Waals surface area contributed by atoms with Crippen molar-refractivity contribution < 1.29 is 14.6 Å². The van der Waals surface area contributed by atoms with Crippen molar-refractivity contribution in [3.8, 4) is 11.5 Å². The highest BCUT2D eigenvalue weighted by atomic mass is 16.5. The van der Waals surface area contributed by atoms with E-state index in [4.69, 9.17) is 4.74 Å². The minimum atomic E-state index is -0.199. The third-order valence-corrected chi connectivity index (χ3v) is 4.89. The Bertz CT molecular complexity index is 1010. The standard InChI is InChI=1S/C26H28N2O3/c1-3-24(19-7-5-4-6-8-19)25(20-9-13-22(29)14-10-20)26(30)28-21-11-15-23(16-12-21)31-18-17-27-2/h4-16,27,29H,3,17-18H2,1-2H3,(H,28,30)/b25-24+. The van der Waals surface area contributed by atoms with Crippen LogP contribution in [-0.2, 0) is 4.79 Å². The molecule has 3 aromatic rings. The average Bonchev–Trinajstić information content (AvgIpc) is 2.80. The van der Waals surface area contributed by atoms with Crippen LogP contribution in [0.2, 0.25) is 0 Å². The molecule has 0 aromatic heterocycles. The maximum absolute atomic E-state index is 13.4. The highest BCUT2D eigenvalue weighted by Gasteiger charge is 2.18. The Morgan fingerprint density at radius 3 is 2.19 bits per heavy atom. The molecule has 0 unspecified atom stereocenters.